The molecule has 0 bridgehead atoms. The summed E-state index contributed by atoms with van der Waals surface area (Å²) in [5, 5.41) is 4.08. The van der Waals surface area contributed by atoms with E-state index in [1.165, 1.54) is 30.3 Å². The highest BCUT2D eigenvalue weighted by Gasteiger charge is 2.26. The maximum Gasteiger partial charge on any atom is 0.133 e. The van der Waals surface area contributed by atoms with Crippen molar-refractivity contribution < 1.29 is 0 Å². The first-order valence-electron chi connectivity index (χ1n) is 9.04. The number of hydrogen-bond donors (Lipinski definition) is 2. The molecule has 0 spiro atoms. The Kier molecular flexibility index (Phi) is 4.45. The van der Waals surface area contributed by atoms with Gasteiger partial charge in [-0.05, 0) is 56.2 Å². The SMILES string of the molecule is C=C(NC1CC2=CCCC=C2C1)c1[nH]c(C)c(-c2cc(Cl)ncn2)c1C. The van der Waals surface area contributed by atoms with Gasteiger partial charge in [0.25, 0.3) is 0 Å². The van der Waals surface area contributed by atoms with Gasteiger partial charge < -0.3 is 10.3 Å². The van der Waals surface area contributed by atoms with Crippen molar-refractivity contribution >= 4 is 17.3 Å². The molecule has 2 aromatic rings. The van der Waals surface area contributed by atoms with Gasteiger partial charge in [0.2, 0.25) is 0 Å². The van der Waals surface area contributed by atoms with E-state index in [4.69, 9.17) is 11.6 Å². The van der Waals surface area contributed by atoms with Gasteiger partial charge in [-0.2, -0.15) is 0 Å². The predicted molar refractivity (Wildman–Crippen MR) is 107 cm³/mol. The summed E-state index contributed by atoms with van der Waals surface area (Å²) in [6.07, 6.45) is 10.8. The third kappa shape index (κ3) is 3.10. The van der Waals surface area contributed by atoms with Crippen LogP contribution in [0, 0.1) is 13.8 Å². The molecule has 5 heteroatoms. The average Bonchev–Trinajstić information content (AvgIpc) is 3.14. The highest BCUT2D eigenvalue weighted by molar-refractivity contribution is 6.29. The molecule has 2 heterocycles. The summed E-state index contributed by atoms with van der Waals surface area (Å²) in [6.45, 7) is 8.44. The number of aryl methyl sites for hydroxylation is 1. The van der Waals surface area contributed by atoms with Crippen LogP contribution in [0.2, 0.25) is 5.15 Å². The average molecular weight is 367 g/mol. The van der Waals surface area contributed by atoms with Gasteiger partial charge in [0.15, 0.2) is 0 Å². The topological polar surface area (TPSA) is 53.6 Å². The van der Waals surface area contributed by atoms with Crippen LogP contribution in [0.1, 0.15) is 42.6 Å². The normalized spacial score (nSPS) is 16.9. The zero-order chi connectivity index (χ0) is 18.3. The smallest absolute Gasteiger partial charge is 0.133 e. The number of rotatable bonds is 4. The van der Waals surface area contributed by atoms with Crippen molar-refractivity contribution in [2.24, 2.45) is 0 Å². The van der Waals surface area contributed by atoms with E-state index >= 15 is 0 Å². The maximum atomic E-state index is 6.04. The third-order valence-corrected chi connectivity index (χ3v) is 5.51. The molecule has 26 heavy (non-hydrogen) atoms. The molecule has 0 atom stereocenters. The van der Waals surface area contributed by atoms with E-state index in [0.717, 1.165) is 46.7 Å². The van der Waals surface area contributed by atoms with Gasteiger partial charge in [-0.1, -0.05) is 30.3 Å². The molecule has 0 aromatic carbocycles. The van der Waals surface area contributed by atoms with Gasteiger partial charge in [-0.25, -0.2) is 9.97 Å². The third-order valence-electron chi connectivity index (χ3n) is 5.30. The zero-order valence-corrected chi connectivity index (χ0v) is 16.0. The monoisotopic (exact) mass is 366 g/mol. The van der Waals surface area contributed by atoms with E-state index in [9.17, 15) is 0 Å². The summed E-state index contributed by atoms with van der Waals surface area (Å²) in [7, 11) is 0. The quantitative estimate of drug-likeness (QED) is 0.739. The molecule has 0 saturated heterocycles. The number of nitrogens with zero attached hydrogens (tertiary/aromatic N) is 2. The lowest BCUT2D eigenvalue weighted by Crippen LogP contribution is -2.24. The number of fused-ring (bicyclic) bond motifs is 1. The van der Waals surface area contributed by atoms with Crippen LogP contribution in [0.25, 0.3) is 17.0 Å². The summed E-state index contributed by atoms with van der Waals surface area (Å²) >= 11 is 6.04. The summed E-state index contributed by atoms with van der Waals surface area (Å²) in [4.78, 5) is 11.8. The van der Waals surface area contributed by atoms with Crippen LogP contribution < -0.4 is 5.32 Å². The first-order chi connectivity index (χ1) is 12.5. The molecule has 2 aliphatic carbocycles. The van der Waals surface area contributed by atoms with E-state index < -0.39 is 0 Å². The summed E-state index contributed by atoms with van der Waals surface area (Å²) < 4.78 is 0. The molecule has 1 fully saturated rings. The lowest BCUT2D eigenvalue weighted by atomic mass is 10.0. The van der Waals surface area contributed by atoms with E-state index in [-0.39, 0.29) is 0 Å². The van der Waals surface area contributed by atoms with Crippen LogP contribution in [-0.4, -0.2) is 21.0 Å². The zero-order valence-electron chi connectivity index (χ0n) is 15.2. The molecule has 0 unspecified atom stereocenters. The minimum Gasteiger partial charge on any atom is -0.380 e. The van der Waals surface area contributed by atoms with Gasteiger partial charge >= 0.3 is 0 Å². The van der Waals surface area contributed by atoms with Crippen LogP contribution in [0.15, 0.2) is 42.3 Å². The molecule has 2 aromatic heterocycles. The van der Waals surface area contributed by atoms with Crippen molar-refractivity contribution in [1.29, 1.82) is 0 Å². The highest BCUT2D eigenvalue weighted by Crippen LogP contribution is 2.36. The van der Waals surface area contributed by atoms with E-state index in [1.54, 1.807) is 6.07 Å². The molecule has 4 nitrogen and oxygen atoms in total. The van der Waals surface area contributed by atoms with Crippen molar-refractivity contribution in [2.75, 3.05) is 0 Å². The Morgan fingerprint density at radius 3 is 2.54 bits per heavy atom. The number of halogens is 1. The van der Waals surface area contributed by atoms with E-state index in [0.29, 0.717) is 11.2 Å². The Balaban J connectivity index is 1.57. The molecule has 4 rings (SSSR count). The van der Waals surface area contributed by atoms with Crippen molar-refractivity contribution in [3.63, 3.8) is 0 Å². The highest BCUT2D eigenvalue weighted by atomic mass is 35.5. The second kappa shape index (κ2) is 6.76. The van der Waals surface area contributed by atoms with Crippen LogP contribution in [0.5, 0.6) is 0 Å². The largest absolute Gasteiger partial charge is 0.380 e. The lowest BCUT2D eigenvalue weighted by Gasteiger charge is -2.15. The summed E-state index contributed by atoms with van der Waals surface area (Å²) in [5.41, 5.74) is 9.07. The van der Waals surface area contributed by atoms with Crippen molar-refractivity contribution in [1.82, 2.24) is 20.3 Å². The minimum absolute atomic E-state index is 0.415. The molecule has 0 amide bonds. The maximum absolute atomic E-state index is 6.04. The van der Waals surface area contributed by atoms with Gasteiger partial charge in [0.1, 0.15) is 11.5 Å². The lowest BCUT2D eigenvalue weighted by molar-refractivity contribution is 0.641. The Morgan fingerprint density at radius 2 is 1.88 bits per heavy atom. The van der Waals surface area contributed by atoms with Crippen molar-refractivity contribution in [3.8, 4) is 11.3 Å². The first-order valence-corrected chi connectivity index (χ1v) is 9.42. The van der Waals surface area contributed by atoms with E-state index in [1.807, 2.05) is 0 Å². The molecule has 2 N–H and O–H groups in total. The second-order valence-electron chi connectivity index (χ2n) is 7.12. The molecule has 2 aliphatic rings. The standard InChI is InChI=1S/C21H23ClN4/c1-12-20(18-10-19(22)24-11-23-18)13(2)26-21(12)14(3)25-17-8-15-6-4-5-7-16(15)9-17/h6-7,10-11,17,25-26H,3-5,8-9H2,1-2H3. The molecule has 0 radical (unpaired) electrons. The Labute approximate surface area is 159 Å². The van der Waals surface area contributed by atoms with E-state index in [2.05, 4.69) is 52.8 Å². The number of H-pyrrole nitrogens is 1. The minimum atomic E-state index is 0.415. The van der Waals surface area contributed by atoms with Crippen LogP contribution in [0.4, 0.5) is 0 Å². The van der Waals surface area contributed by atoms with Crippen molar-refractivity contribution in [3.05, 3.63) is 64.4 Å². The van der Waals surface area contributed by atoms with Gasteiger partial charge in [0, 0.05) is 23.4 Å². The van der Waals surface area contributed by atoms with Crippen molar-refractivity contribution in [2.45, 2.75) is 45.6 Å². The molecule has 1 saturated carbocycles. The Morgan fingerprint density at radius 1 is 1.19 bits per heavy atom. The fraction of sp³-hybridized carbons (Fsp3) is 0.333. The second-order valence-corrected chi connectivity index (χ2v) is 7.50. The number of allylic oxidation sites excluding steroid dienone is 2. The number of nitrogens with one attached hydrogen (secondary N) is 2. The van der Waals surface area contributed by atoms with Gasteiger partial charge in [0.05, 0.1) is 17.1 Å². The number of hydrogen-bond acceptors (Lipinski definition) is 3. The fourth-order valence-electron chi connectivity index (χ4n) is 4.14. The molecule has 0 aliphatic heterocycles. The molecular weight excluding hydrogens is 344 g/mol. The number of aromatic nitrogens is 3. The summed E-state index contributed by atoms with van der Waals surface area (Å²) in [6, 6.07) is 2.21. The van der Waals surface area contributed by atoms with Gasteiger partial charge in [-0.15, -0.1) is 0 Å². The summed E-state index contributed by atoms with van der Waals surface area (Å²) in [5.74, 6) is 0. The molecular formula is C21H23ClN4. The Bertz CT molecular complexity index is 913. The van der Waals surface area contributed by atoms with Crippen LogP contribution >= 0.6 is 11.6 Å². The fourth-order valence-corrected chi connectivity index (χ4v) is 4.28. The van der Waals surface area contributed by atoms with Crippen LogP contribution in [0.3, 0.4) is 0 Å². The first kappa shape index (κ1) is 17.1. The van der Waals surface area contributed by atoms with Crippen LogP contribution in [-0.2, 0) is 0 Å². The molecule has 134 valence electrons. The number of aromatic amines is 1. The Hall–Kier alpha value is -2.33. The predicted octanol–water partition coefficient (Wildman–Crippen LogP) is 5.11. The van der Waals surface area contributed by atoms with Gasteiger partial charge in [-0.3, -0.25) is 0 Å².